The molecule has 216 valence electrons. The van der Waals surface area contributed by atoms with Gasteiger partial charge in [-0.2, -0.15) is 0 Å². The molecule has 1 unspecified atom stereocenters. The monoisotopic (exact) mass is 576 g/mol. The van der Waals surface area contributed by atoms with Gasteiger partial charge >= 0.3 is 23.9 Å². The van der Waals surface area contributed by atoms with Crippen LogP contribution in [0, 0.1) is 0 Å². The number of hydrogen-bond acceptors (Lipinski definition) is 10. The van der Waals surface area contributed by atoms with Crippen molar-refractivity contribution in [3.8, 4) is 5.75 Å². The molecule has 0 aromatic heterocycles. The molecule has 0 bridgehead atoms. The average molecular weight is 577 g/mol. The minimum atomic E-state index is -1.25. The Balaban J connectivity index is 2.03. The molecule has 0 N–H and O–H groups in total. The van der Waals surface area contributed by atoms with Crippen LogP contribution in [0.1, 0.15) is 57.4 Å². The molecule has 0 spiro atoms. The van der Waals surface area contributed by atoms with Crippen LogP contribution < -0.4 is 4.74 Å². The molecule has 2 aromatic rings. The lowest BCUT2D eigenvalue weighted by atomic mass is 9.89. The number of carbonyl (C=O) groups excluding carboxylic acids is 4. The molecule has 3 rings (SSSR count). The Hall–Kier alpha value is -3.63. The van der Waals surface area contributed by atoms with Gasteiger partial charge in [0.15, 0.2) is 18.3 Å². The van der Waals surface area contributed by atoms with E-state index < -0.39 is 54.4 Å². The third-order valence-corrected chi connectivity index (χ3v) is 6.39. The average Bonchev–Trinajstić information content (AvgIpc) is 2.87. The number of carbonyl (C=O) groups is 4. The van der Waals surface area contributed by atoms with Crippen LogP contribution in [0.2, 0.25) is 5.02 Å². The Kier molecular flexibility index (Phi) is 10.9. The van der Waals surface area contributed by atoms with E-state index in [0.29, 0.717) is 23.6 Å². The predicted molar refractivity (Wildman–Crippen MR) is 143 cm³/mol. The summed E-state index contributed by atoms with van der Waals surface area (Å²) in [5, 5.41) is 0.503. The zero-order chi connectivity index (χ0) is 29.4. The number of ether oxygens (including phenoxy) is 6. The highest BCUT2D eigenvalue weighted by molar-refractivity contribution is 6.31. The molecule has 10 nitrogen and oxygen atoms in total. The van der Waals surface area contributed by atoms with Crippen molar-refractivity contribution in [2.75, 3.05) is 13.2 Å². The molecule has 0 saturated carbocycles. The van der Waals surface area contributed by atoms with Crippen LogP contribution in [0.3, 0.4) is 0 Å². The lowest BCUT2D eigenvalue weighted by Crippen LogP contribution is -2.59. The fourth-order valence-corrected chi connectivity index (χ4v) is 4.68. The number of rotatable bonds is 10. The van der Waals surface area contributed by atoms with Gasteiger partial charge in [-0.25, -0.2) is 0 Å². The van der Waals surface area contributed by atoms with Gasteiger partial charge in [-0.3, -0.25) is 19.2 Å². The van der Waals surface area contributed by atoms with Crippen molar-refractivity contribution in [3.63, 3.8) is 0 Å². The van der Waals surface area contributed by atoms with Gasteiger partial charge in [0.25, 0.3) is 0 Å². The quantitative estimate of drug-likeness (QED) is 0.301. The van der Waals surface area contributed by atoms with Crippen molar-refractivity contribution >= 4 is 35.5 Å². The van der Waals surface area contributed by atoms with E-state index in [-0.39, 0.29) is 6.61 Å². The zero-order valence-corrected chi connectivity index (χ0v) is 23.8. The highest BCUT2D eigenvalue weighted by Crippen LogP contribution is 2.39. The van der Waals surface area contributed by atoms with Crippen LogP contribution in [0.15, 0.2) is 42.5 Å². The number of hydrogen-bond donors (Lipinski definition) is 0. The van der Waals surface area contributed by atoms with Gasteiger partial charge < -0.3 is 28.4 Å². The van der Waals surface area contributed by atoms with Gasteiger partial charge in [-0.1, -0.05) is 35.9 Å². The summed E-state index contributed by atoms with van der Waals surface area (Å²) in [5.41, 5.74) is 2.29. The minimum absolute atomic E-state index is 0.305. The lowest BCUT2D eigenvalue weighted by molar-refractivity contribution is -0.254. The second kappa shape index (κ2) is 14.1. The Morgan fingerprint density at radius 1 is 0.800 bits per heavy atom. The molecule has 0 radical (unpaired) electrons. The van der Waals surface area contributed by atoms with Crippen molar-refractivity contribution in [2.24, 2.45) is 0 Å². The maximum atomic E-state index is 12.2. The van der Waals surface area contributed by atoms with Gasteiger partial charge in [-0.15, -0.1) is 0 Å². The highest BCUT2D eigenvalue weighted by Gasteiger charge is 2.52. The van der Waals surface area contributed by atoms with E-state index in [1.807, 2.05) is 31.2 Å². The van der Waals surface area contributed by atoms with Crippen molar-refractivity contribution < 1.29 is 47.6 Å². The second-order valence-electron chi connectivity index (χ2n) is 9.22. The first kappa shape index (κ1) is 30.9. The normalized spacial score (nSPS) is 22.1. The standard InChI is InChI=1S/C29H33ClO10/c1-6-35-23-10-7-20(8-11-23)13-22-14-21(9-12-24(22)30)26-28(38-18(4)33)29(39-19(5)34)27(37-17(3)32)25(40-26)15-36-16(2)31/h7-12,14,25-29H,6,13,15H2,1-5H3/t25-,26?,27-,28+,29+/m1/s1. The summed E-state index contributed by atoms with van der Waals surface area (Å²) in [6.07, 6.45) is -5.23. The van der Waals surface area contributed by atoms with Crippen molar-refractivity contribution in [1.29, 1.82) is 0 Å². The summed E-state index contributed by atoms with van der Waals surface area (Å²) in [4.78, 5) is 47.8. The zero-order valence-electron chi connectivity index (χ0n) is 23.0. The van der Waals surface area contributed by atoms with Crippen LogP contribution in [0.4, 0.5) is 0 Å². The molecule has 0 amide bonds. The van der Waals surface area contributed by atoms with Crippen LogP contribution in [-0.4, -0.2) is 61.5 Å². The first-order valence-corrected chi connectivity index (χ1v) is 13.2. The largest absolute Gasteiger partial charge is 0.494 e. The Morgan fingerprint density at radius 3 is 1.98 bits per heavy atom. The maximum absolute atomic E-state index is 12.2. The van der Waals surface area contributed by atoms with E-state index in [1.165, 1.54) is 27.7 Å². The molecule has 1 aliphatic heterocycles. The summed E-state index contributed by atoms with van der Waals surface area (Å²) in [5.74, 6) is -1.89. The van der Waals surface area contributed by atoms with E-state index in [1.54, 1.807) is 18.2 Å². The van der Waals surface area contributed by atoms with Gasteiger partial charge in [0.1, 0.15) is 24.6 Å². The van der Waals surface area contributed by atoms with E-state index in [2.05, 4.69) is 0 Å². The Labute approximate surface area is 237 Å². The fourth-order valence-electron chi connectivity index (χ4n) is 4.49. The van der Waals surface area contributed by atoms with E-state index >= 15 is 0 Å². The Bertz CT molecular complexity index is 1210. The molecular weight excluding hydrogens is 544 g/mol. The van der Waals surface area contributed by atoms with Crippen molar-refractivity contribution in [2.45, 2.75) is 71.6 Å². The fraction of sp³-hybridized carbons (Fsp3) is 0.448. The smallest absolute Gasteiger partial charge is 0.303 e. The van der Waals surface area contributed by atoms with Crippen LogP contribution >= 0.6 is 11.6 Å². The highest BCUT2D eigenvalue weighted by atomic mass is 35.5. The van der Waals surface area contributed by atoms with Gasteiger partial charge in [0, 0.05) is 32.7 Å². The number of benzene rings is 2. The third kappa shape index (κ3) is 8.43. The minimum Gasteiger partial charge on any atom is -0.494 e. The topological polar surface area (TPSA) is 124 Å². The maximum Gasteiger partial charge on any atom is 0.303 e. The summed E-state index contributed by atoms with van der Waals surface area (Å²) < 4.78 is 33.5. The van der Waals surface area contributed by atoms with Crippen molar-refractivity contribution in [1.82, 2.24) is 0 Å². The van der Waals surface area contributed by atoms with Gasteiger partial charge in [-0.05, 0) is 48.2 Å². The van der Waals surface area contributed by atoms with Gasteiger partial charge in [0.2, 0.25) is 0 Å². The second-order valence-corrected chi connectivity index (χ2v) is 9.63. The molecular formula is C29H33ClO10. The van der Waals surface area contributed by atoms with E-state index in [0.717, 1.165) is 16.9 Å². The summed E-state index contributed by atoms with van der Waals surface area (Å²) in [6.45, 7) is 6.94. The molecule has 1 aliphatic rings. The molecule has 1 fully saturated rings. The Morgan fingerprint density at radius 2 is 1.40 bits per heavy atom. The predicted octanol–water partition coefficient (Wildman–Crippen LogP) is 4.13. The SMILES string of the molecule is CCOc1ccc(Cc2cc(C3O[C@H](COC(C)=O)[C@@H](OC(C)=O)[C@H](OC(C)=O)[C@H]3OC(C)=O)ccc2Cl)cc1. The van der Waals surface area contributed by atoms with Crippen LogP contribution in [-0.2, 0) is 49.3 Å². The third-order valence-electron chi connectivity index (χ3n) is 6.02. The molecule has 5 atom stereocenters. The molecule has 2 aromatic carbocycles. The summed E-state index contributed by atoms with van der Waals surface area (Å²) in [7, 11) is 0. The number of halogens is 1. The first-order chi connectivity index (χ1) is 19.0. The summed E-state index contributed by atoms with van der Waals surface area (Å²) in [6, 6.07) is 12.8. The first-order valence-electron chi connectivity index (χ1n) is 12.8. The van der Waals surface area contributed by atoms with Crippen LogP contribution in [0.5, 0.6) is 5.75 Å². The van der Waals surface area contributed by atoms with Gasteiger partial charge in [0.05, 0.1) is 6.61 Å². The molecule has 40 heavy (non-hydrogen) atoms. The summed E-state index contributed by atoms with van der Waals surface area (Å²) >= 11 is 6.54. The molecule has 1 saturated heterocycles. The number of esters is 4. The molecule has 0 aliphatic carbocycles. The van der Waals surface area contributed by atoms with Crippen LogP contribution in [0.25, 0.3) is 0 Å². The lowest BCUT2D eigenvalue weighted by Gasteiger charge is -2.44. The molecule has 1 heterocycles. The van der Waals surface area contributed by atoms with Crippen molar-refractivity contribution in [3.05, 3.63) is 64.2 Å². The van der Waals surface area contributed by atoms with E-state index in [4.69, 9.17) is 40.0 Å². The van der Waals surface area contributed by atoms with E-state index in [9.17, 15) is 19.2 Å². The molecule has 11 heteroatoms.